The summed E-state index contributed by atoms with van der Waals surface area (Å²) in [6.07, 6.45) is 1.87. The number of hydrogen-bond acceptors (Lipinski definition) is 3. The summed E-state index contributed by atoms with van der Waals surface area (Å²) < 4.78 is 4.85. The minimum Gasteiger partial charge on any atom is -0.481 e. The molecule has 1 amide bonds. The number of amides is 1. The van der Waals surface area contributed by atoms with E-state index in [9.17, 15) is 9.59 Å². The Hall–Kier alpha value is -2.27. The highest BCUT2D eigenvalue weighted by Gasteiger charge is 2.12. The van der Waals surface area contributed by atoms with Gasteiger partial charge in [0.1, 0.15) is 0 Å². The number of carboxylic acids is 1. The molecule has 2 N–H and O–H groups in total. The van der Waals surface area contributed by atoms with Crippen molar-refractivity contribution in [1.29, 1.82) is 0 Å². The van der Waals surface area contributed by atoms with Gasteiger partial charge in [0.2, 0.25) is 5.22 Å². The van der Waals surface area contributed by atoms with E-state index in [-0.39, 0.29) is 23.1 Å². The third kappa shape index (κ3) is 3.61. The zero-order chi connectivity index (χ0) is 14.5. The van der Waals surface area contributed by atoms with Crippen molar-refractivity contribution < 1.29 is 19.1 Å². The molecule has 0 unspecified atom stereocenters. The van der Waals surface area contributed by atoms with Crippen LogP contribution in [-0.4, -0.2) is 17.0 Å². The van der Waals surface area contributed by atoms with Crippen LogP contribution in [0, 0.1) is 0 Å². The number of benzene rings is 1. The van der Waals surface area contributed by atoms with E-state index < -0.39 is 5.97 Å². The number of aryl methyl sites for hydroxylation is 1. The Bertz CT molecular complexity index is 618. The highest BCUT2D eigenvalue weighted by molar-refractivity contribution is 6.32. The molecule has 2 rings (SSSR count). The van der Waals surface area contributed by atoms with Gasteiger partial charge in [0.15, 0.2) is 0 Å². The summed E-state index contributed by atoms with van der Waals surface area (Å²) in [6.45, 7) is 0. The van der Waals surface area contributed by atoms with Gasteiger partial charge in [-0.1, -0.05) is 12.1 Å². The number of rotatable bonds is 5. The van der Waals surface area contributed by atoms with Gasteiger partial charge in [-0.15, -0.1) is 0 Å². The fourth-order valence-electron chi connectivity index (χ4n) is 1.66. The number of carboxylic acid groups (broad SMARTS) is 1. The Kier molecular flexibility index (Phi) is 4.42. The van der Waals surface area contributed by atoms with E-state index in [4.69, 9.17) is 21.1 Å². The highest BCUT2D eigenvalue weighted by Crippen LogP contribution is 2.19. The standard InChI is InChI=1S/C14H12ClNO4/c15-13-11(7-8-20-13)14(19)16-10-4-1-9(2-5-10)3-6-12(17)18/h1-2,4-5,7-8H,3,6H2,(H,16,19)(H,17,18). The first-order chi connectivity index (χ1) is 9.56. The summed E-state index contributed by atoms with van der Waals surface area (Å²) in [6, 6.07) is 8.45. The van der Waals surface area contributed by atoms with Crippen LogP contribution in [-0.2, 0) is 11.2 Å². The van der Waals surface area contributed by atoms with E-state index in [1.165, 1.54) is 12.3 Å². The molecule has 6 heteroatoms. The van der Waals surface area contributed by atoms with E-state index in [0.717, 1.165) is 5.56 Å². The molecular formula is C14H12ClNO4. The summed E-state index contributed by atoms with van der Waals surface area (Å²) in [5, 5.41) is 11.3. The molecule has 0 bridgehead atoms. The minimum atomic E-state index is -0.836. The van der Waals surface area contributed by atoms with Gasteiger partial charge in [0.25, 0.3) is 5.91 Å². The van der Waals surface area contributed by atoms with Gasteiger partial charge in [-0.05, 0) is 41.8 Å². The Morgan fingerprint density at radius 1 is 1.20 bits per heavy atom. The maximum absolute atomic E-state index is 11.9. The first-order valence-electron chi connectivity index (χ1n) is 5.91. The third-order valence-electron chi connectivity index (χ3n) is 2.70. The molecule has 104 valence electrons. The molecule has 0 fully saturated rings. The topological polar surface area (TPSA) is 79.5 Å². The lowest BCUT2D eigenvalue weighted by Gasteiger charge is -2.05. The largest absolute Gasteiger partial charge is 0.481 e. The highest BCUT2D eigenvalue weighted by atomic mass is 35.5. The van der Waals surface area contributed by atoms with Crippen LogP contribution in [0.4, 0.5) is 5.69 Å². The third-order valence-corrected chi connectivity index (χ3v) is 2.99. The number of carbonyl (C=O) groups excluding carboxylic acids is 1. The number of furan rings is 1. The second-order valence-electron chi connectivity index (χ2n) is 4.15. The molecule has 0 saturated heterocycles. The van der Waals surface area contributed by atoms with Crippen molar-refractivity contribution in [3.05, 3.63) is 52.9 Å². The van der Waals surface area contributed by atoms with Gasteiger partial charge in [-0.3, -0.25) is 9.59 Å². The molecule has 5 nitrogen and oxygen atoms in total. The van der Waals surface area contributed by atoms with Crippen LogP contribution in [0.25, 0.3) is 0 Å². The Morgan fingerprint density at radius 2 is 1.90 bits per heavy atom. The number of anilines is 1. The van der Waals surface area contributed by atoms with Gasteiger partial charge < -0.3 is 14.8 Å². The molecule has 0 aliphatic carbocycles. The molecule has 0 radical (unpaired) electrons. The van der Waals surface area contributed by atoms with Crippen molar-refractivity contribution in [1.82, 2.24) is 0 Å². The molecule has 1 aromatic heterocycles. The number of carbonyl (C=O) groups is 2. The maximum atomic E-state index is 11.9. The van der Waals surface area contributed by atoms with Crippen molar-refractivity contribution in [3.63, 3.8) is 0 Å². The van der Waals surface area contributed by atoms with Gasteiger partial charge >= 0.3 is 5.97 Å². The average molecular weight is 294 g/mol. The number of halogens is 1. The average Bonchev–Trinajstić information content (AvgIpc) is 2.84. The lowest BCUT2D eigenvalue weighted by Crippen LogP contribution is -2.11. The molecular weight excluding hydrogens is 282 g/mol. The van der Waals surface area contributed by atoms with Crippen LogP contribution in [0.1, 0.15) is 22.3 Å². The van der Waals surface area contributed by atoms with E-state index in [1.54, 1.807) is 24.3 Å². The van der Waals surface area contributed by atoms with Crippen molar-refractivity contribution >= 4 is 29.2 Å². The molecule has 20 heavy (non-hydrogen) atoms. The summed E-state index contributed by atoms with van der Waals surface area (Å²) in [7, 11) is 0. The van der Waals surface area contributed by atoms with E-state index >= 15 is 0 Å². The molecule has 0 aliphatic rings. The summed E-state index contributed by atoms with van der Waals surface area (Å²) in [5.41, 5.74) is 1.76. The Balaban J connectivity index is 1.99. The Labute approximate surface area is 120 Å². The van der Waals surface area contributed by atoms with Crippen molar-refractivity contribution in [2.24, 2.45) is 0 Å². The molecule has 2 aromatic rings. The lowest BCUT2D eigenvalue weighted by atomic mass is 10.1. The van der Waals surface area contributed by atoms with Crippen LogP contribution < -0.4 is 5.32 Å². The molecule has 1 aromatic carbocycles. The second-order valence-corrected chi connectivity index (χ2v) is 4.50. The SMILES string of the molecule is O=C(O)CCc1ccc(NC(=O)c2ccoc2Cl)cc1. The molecule has 0 aliphatic heterocycles. The van der Waals surface area contributed by atoms with E-state index in [0.29, 0.717) is 12.1 Å². The fourth-order valence-corrected chi connectivity index (χ4v) is 1.86. The molecule has 0 spiro atoms. The normalized spacial score (nSPS) is 10.2. The van der Waals surface area contributed by atoms with E-state index in [2.05, 4.69) is 5.32 Å². The number of aliphatic carboxylic acids is 1. The van der Waals surface area contributed by atoms with Gasteiger partial charge in [0, 0.05) is 12.1 Å². The maximum Gasteiger partial charge on any atom is 0.303 e. The van der Waals surface area contributed by atoms with Gasteiger partial charge in [-0.25, -0.2) is 0 Å². The Morgan fingerprint density at radius 3 is 2.45 bits per heavy atom. The second kappa shape index (κ2) is 6.25. The lowest BCUT2D eigenvalue weighted by molar-refractivity contribution is -0.136. The summed E-state index contributed by atoms with van der Waals surface area (Å²) in [5.74, 6) is -1.20. The van der Waals surface area contributed by atoms with Gasteiger partial charge in [0.05, 0.1) is 11.8 Å². The monoisotopic (exact) mass is 293 g/mol. The fraction of sp³-hybridized carbons (Fsp3) is 0.143. The first kappa shape index (κ1) is 14.1. The van der Waals surface area contributed by atoms with Crippen LogP contribution in [0.5, 0.6) is 0 Å². The molecule has 0 atom stereocenters. The minimum absolute atomic E-state index is 0.0422. The quantitative estimate of drug-likeness (QED) is 0.887. The predicted octanol–water partition coefficient (Wildman–Crippen LogP) is 3.20. The van der Waals surface area contributed by atoms with Crippen LogP contribution in [0.3, 0.4) is 0 Å². The number of hydrogen-bond donors (Lipinski definition) is 2. The smallest absolute Gasteiger partial charge is 0.303 e. The van der Waals surface area contributed by atoms with Crippen molar-refractivity contribution in [2.45, 2.75) is 12.8 Å². The molecule has 1 heterocycles. The summed E-state index contributed by atoms with van der Waals surface area (Å²) >= 11 is 5.71. The van der Waals surface area contributed by atoms with Crippen molar-refractivity contribution in [2.75, 3.05) is 5.32 Å². The van der Waals surface area contributed by atoms with E-state index in [1.807, 2.05) is 0 Å². The van der Waals surface area contributed by atoms with Crippen LogP contribution in [0.2, 0.25) is 5.22 Å². The molecule has 0 saturated carbocycles. The zero-order valence-corrected chi connectivity index (χ0v) is 11.2. The van der Waals surface area contributed by atoms with Gasteiger partial charge in [-0.2, -0.15) is 0 Å². The van der Waals surface area contributed by atoms with Crippen LogP contribution >= 0.6 is 11.6 Å². The number of nitrogens with one attached hydrogen (secondary N) is 1. The zero-order valence-electron chi connectivity index (χ0n) is 10.4. The summed E-state index contributed by atoms with van der Waals surface area (Å²) in [4.78, 5) is 22.3. The predicted molar refractivity (Wildman–Crippen MR) is 74.1 cm³/mol. The van der Waals surface area contributed by atoms with Crippen LogP contribution in [0.15, 0.2) is 41.0 Å². The van der Waals surface area contributed by atoms with Crippen molar-refractivity contribution in [3.8, 4) is 0 Å². The first-order valence-corrected chi connectivity index (χ1v) is 6.29.